The molecule has 1 aromatic carbocycles. The number of carbonyl (C=O) groups is 1. The fraction of sp³-hybridized carbons (Fsp3) is 0.375. The Kier molecular flexibility index (Phi) is 3.24. The highest BCUT2D eigenvalue weighted by molar-refractivity contribution is 6.08. The molecule has 0 N–H and O–H groups in total. The Bertz CT molecular complexity index is 638. The smallest absolute Gasteiger partial charge is 0.248 e. The summed E-state index contributed by atoms with van der Waals surface area (Å²) in [4.78, 5) is 16.8. The molecular weight excluding hydrogens is 260 g/mol. The van der Waals surface area contributed by atoms with E-state index in [9.17, 15) is 13.6 Å². The van der Waals surface area contributed by atoms with E-state index in [2.05, 4.69) is 4.98 Å². The molecule has 1 fully saturated rings. The van der Waals surface area contributed by atoms with Gasteiger partial charge in [-0.3, -0.25) is 9.78 Å². The number of fused-ring (bicyclic) bond motifs is 1. The summed E-state index contributed by atoms with van der Waals surface area (Å²) in [6.45, 7) is 0. The Hall–Kier alpha value is -1.84. The number of ketones is 1. The van der Waals surface area contributed by atoms with Crippen LogP contribution < -0.4 is 0 Å². The number of aromatic nitrogens is 1. The van der Waals surface area contributed by atoms with Gasteiger partial charge < -0.3 is 0 Å². The van der Waals surface area contributed by atoms with E-state index in [1.165, 1.54) is 0 Å². The summed E-state index contributed by atoms with van der Waals surface area (Å²) < 4.78 is 26.4. The summed E-state index contributed by atoms with van der Waals surface area (Å²) >= 11 is 0. The van der Waals surface area contributed by atoms with Gasteiger partial charge in [-0.05, 0) is 25.0 Å². The third kappa shape index (κ3) is 2.42. The number of alkyl halides is 2. The van der Waals surface area contributed by atoms with Crippen LogP contribution in [0.25, 0.3) is 10.9 Å². The van der Waals surface area contributed by atoms with Crippen molar-refractivity contribution in [2.45, 2.75) is 31.6 Å². The maximum absolute atomic E-state index is 13.2. The van der Waals surface area contributed by atoms with Crippen LogP contribution in [0.15, 0.2) is 36.5 Å². The molecule has 0 spiro atoms. The molecule has 0 unspecified atom stereocenters. The molecule has 20 heavy (non-hydrogen) atoms. The fourth-order valence-corrected chi connectivity index (χ4v) is 2.84. The topological polar surface area (TPSA) is 30.0 Å². The Morgan fingerprint density at radius 2 is 1.90 bits per heavy atom. The number of carbonyl (C=O) groups excluding carboxylic acids is 1. The summed E-state index contributed by atoms with van der Waals surface area (Å²) in [5.74, 6) is -2.92. The zero-order chi connectivity index (χ0) is 14.2. The largest absolute Gasteiger partial charge is 0.294 e. The van der Waals surface area contributed by atoms with Crippen molar-refractivity contribution in [1.29, 1.82) is 0 Å². The number of halogens is 2. The zero-order valence-electron chi connectivity index (χ0n) is 11.0. The van der Waals surface area contributed by atoms with Gasteiger partial charge in [0.2, 0.25) is 5.92 Å². The van der Waals surface area contributed by atoms with Crippen molar-refractivity contribution >= 4 is 16.7 Å². The van der Waals surface area contributed by atoms with Crippen LogP contribution in [-0.4, -0.2) is 16.7 Å². The molecule has 2 nitrogen and oxygen atoms in total. The number of hydrogen-bond donors (Lipinski definition) is 0. The van der Waals surface area contributed by atoms with E-state index in [0.29, 0.717) is 5.56 Å². The molecule has 1 saturated carbocycles. The van der Waals surface area contributed by atoms with E-state index in [1.807, 2.05) is 12.1 Å². The number of hydrogen-bond acceptors (Lipinski definition) is 2. The standard InChI is InChI=1S/C16H15F2NO/c17-16(18)8-6-11(7-9-16)15(20)13-3-1-5-14-12(13)4-2-10-19-14/h1-5,10-11H,6-9H2. The lowest BCUT2D eigenvalue weighted by Gasteiger charge is -2.27. The Balaban J connectivity index is 1.90. The highest BCUT2D eigenvalue weighted by Gasteiger charge is 2.37. The van der Waals surface area contributed by atoms with Crippen LogP contribution in [0.2, 0.25) is 0 Å². The molecule has 2 aromatic rings. The summed E-state index contributed by atoms with van der Waals surface area (Å²) in [6.07, 6.45) is 1.83. The minimum Gasteiger partial charge on any atom is -0.294 e. The first-order valence-corrected chi connectivity index (χ1v) is 6.83. The van der Waals surface area contributed by atoms with E-state index in [-0.39, 0.29) is 37.4 Å². The lowest BCUT2D eigenvalue weighted by molar-refractivity contribution is -0.0424. The highest BCUT2D eigenvalue weighted by atomic mass is 19.3. The summed E-state index contributed by atoms with van der Waals surface area (Å²) in [5.41, 5.74) is 1.37. The van der Waals surface area contributed by atoms with Crippen LogP contribution in [-0.2, 0) is 0 Å². The van der Waals surface area contributed by atoms with Gasteiger partial charge in [-0.2, -0.15) is 0 Å². The molecule has 104 valence electrons. The predicted molar refractivity (Wildman–Crippen MR) is 73.0 cm³/mol. The molecular formula is C16H15F2NO. The summed E-state index contributed by atoms with van der Waals surface area (Å²) in [6, 6.07) is 9.04. The Labute approximate surface area is 115 Å². The second kappa shape index (κ2) is 4.93. The third-order valence-corrected chi connectivity index (χ3v) is 4.00. The second-order valence-corrected chi connectivity index (χ2v) is 5.37. The van der Waals surface area contributed by atoms with Crippen LogP contribution >= 0.6 is 0 Å². The molecule has 0 atom stereocenters. The second-order valence-electron chi connectivity index (χ2n) is 5.37. The van der Waals surface area contributed by atoms with Crippen molar-refractivity contribution in [2.24, 2.45) is 5.92 Å². The highest BCUT2D eigenvalue weighted by Crippen LogP contribution is 2.38. The third-order valence-electron chi connectivity index (χ3n) is 4.00. The van der Waals surface area contributed by atoms with E-state index in [1.54, 1.807) is 24.4 Å². The monoisotopic (exact) mass is 275 g/mol. The summed E-state index contributed by atoms with van der Waals surface area (Å²) in [5, 5.41) is 0.803. The lowest BCUT2D eigenvalue weighted by Crippen LogP contribution is -2.28. The van der Waals surface area contributed by atoms with Gasteiger partial charge in [-0.25, -0.2) is 8.78 Å². The Morgan fingerprint density at radius 1 is 1.15 bits per heavy atom. The predicted octanol–water partition coefficient (Wildman–Crippen LogP) is 4.24. The van der Waals surface area contributed by atoms with Crippen LogP contribution in [0, 0.1) is 5.92 Å². The van der Waals surface area contributed by atoms with Crippen molar-refractivity contribution in [3.8, 4) is 0 Å². The lowest BCUT2D eigenvalue weighted by atomic mass is 9.81. The van der Waals surface area contributed by atoms with E-state index in [4.69, 9.17) is 0 Å². The molecule has 0 bridgehead atoms. The first kappa shape index (κ1) is 13.2. The van der Waals surface area contributed by atoms with Gasteiger partial charge >= 0.3 is 0 Å². The quantitative estimate of drug-likeness (QED) is 0.767. The minimum atomic E-state index is -2.60. The molecule has 0 amide bonds. The van der Waals surface area contributed by atoms with Gasteiger partial charge in [0, 0.05) is 35.9 Å². The first-order valence-electron chi connectivity index (χ1n) is 6.83. The SMILES string of the molecule is O=C(c1cccc2ncccc12)C1CCC(F)(F)CC1. The summed E-state index contributed by atoms with van der Waals surface area (Å²) in [7, 11) is 0. The number of rotatable bonds is 2. The average molecular weight is 275 g/mol. The average Bonchev–Trinajstić information content (AvgIpc) is 2.46. The molecule has 0 aliphatic heterocycles. The maximum atomic E-state index is 13.2. The van der Waals surface area contributed by atoms with Crippen LogP contribution in [0.3, 0.4) is 0 Å². The molecule has 0 saturated heterocycles. The van der Waals surface area contributed by atoms with E-state index < -0.39 is 5.92 Å². The van der Waals surface area contributed by atoms with Crippen molar-refractivity contribution in [2.75, 3.05) is 0 Å². The zero-order valence-corrected chi connectivity index (χ0v) is 11.0. The molecule has 1 aromatic heterocycles. The van der Waals surface area contributed by atoms with Crippen LogP contribution in [0.1, 0.15) is 36.0 Å². The van der Waals surface area contributed by atoms with E-state index >= 15 is 0 Å². The van der Waals surface area contributed by atoms with Gasteiger partial charge in [0.1, 0.15) is 0 Å². The van der Waals surface area contributed by atoms with Crippen LogP contribution in [0.5, 0.6) is 0 Å². The normalized spacial score (nSPS) is 19.1. The minimum absolute atomic E-state index is 0.0286. The number of benzene rings is 1. The maximum Gasteiger partial charge on any atom is 0.248 e. The molecule has 4 heteroatoms. The molecule has 0 radical (unpaired) electrons. The van der Waals surface area contributed by atoms with Crippen molar-refractivity contribution in [3.05, 3.63) is 42.1 Å². The number of Topliss-reactive ketones (excluding diaryl/α,β-unsaturated/α-hetero) is 1. The van der Waals surface area contributed by atoms with Gasteiger partial charge in [-0.15, -0.1) is 0 Å². The van der Waals surface area contributed by atoms with Crippen molar-refractivity contribution in [1.82, 2.24) is 4.98 Å². The fourth-order valence-electron chi connectivity index (χ4n) is 2.84. The molecule has 1 aliphatic rings. The molecule has 3 rings (SSSR count). The first-order chi connectivity index (χ1) is 9.57. The number of pyridine rings is 1. The van der Waals surface area contributed by atoms with Gasteiger partial charge in [0.25, 0.3) is 0 Å². The molecule has 1 aliphatic carbocycles. The van der Waals surface area contributed by atoms with Crippen molar-refractivity contribution in [3.63, 3.8) is 0 Å². The van der Waals surface area contributed by atoms with Gasteiger partial charge in [-0.1, -0.05) is 18.2 Å². The van der Waals surface area contributed by atoms with Crippen molar-refractivity contribution < 1.29 is 13.6 Å². The van der Waals surface area contributed by atoms with Gasteiger partial charge in [0.15, 0.2) is 5.78 Å². The Morgan fingerprint density at radius 3 is 2.65 bits per heavy atom. The van der Waals surface area contributed by atoms with Gasteiger partial charge in [0.05, 0.1) is 5.52 Å². The van der Waals surface area contributed by atoms with E-state index in [0.717, 1.165) is 10.9 Å². The number of nitrogens with zero attached hydrogens (tertiary/aromatic N) is 1. The van der Waals surface area contributed by atoms with Crippen LogP contribution in [0.4, 0.5) is 8.78 Å². The molecule has 1 heterocycles.